The molecule has 7 nitrogen and oxygen atoms in total. The van der Waals surface area contributed by atoms with E-state index in [0.29, 0.717) is 59.4 Å². The summed E-state index contributed by atoms with van der Waals surface area (Å²) in [7, 11) is 0. The topological polar surface area (TPSA) is 99.9 Å². The SMILES string of the molecule is O=C(NCCCN1CCCC1=O)c1ccc(-c2c3cc(Cl)c(=O)cc-3oc3cc(O)c(Cl)cc23)cc1. The molecule has 3 aliphatic rings. The quantitative estimate of drug-likeness (QED) is 0.262. The molecule has 2 heterocycles. The highest BCUT2D eigenvalue weighted by atomic mass is 35.5. The number of nitrogens with one attached hydrogen (secondary N) is 1. The van der Waals surface area contributed by atoms with E-state index < -0.39 is 0 Å². The molecule has 5 rings (SSSR count). The van der Waals surface area contributed by atoms with Gasteiger partial charge in [-0.2, -0.15) is 0 Å². The average molecular weight is 525 g/mol. The molecule has 0 unspecified atom stereocenters. The zero-order valence-electron chi connectivity index (χ0n) is 19.1. The monoisotopic (exact) mass is 524 g/mol. The summed E-state index contributed by atoms with van der Waals surface area (Å²) in [6, 6.07) is 12.9. The van der Waals surface area contributed by atoms with E-state index in [1.54, 1.807) is 36.4 Å². The highest BCUT2D eigenvalue weighted by Gasteiger charge is 2.21. The number of hydrogen-bond donors (Lipinski definition) is 2. The Kier molecular flexibility index (Phi) is 6.60. The van der Waals surface area contributed by atoms with Crippen LogP contribution in [0.2, 0.25) is 10.0 Å². The van der Waals surface area contributed by atoms with E-state index >= 15 is 0 Å². The summed E-state index contributed by atoms with van der Waals surface area (Å²) in [6.45, 7) is 1.90. The summed E-state index contributed by atoms with van der Waals surface area (Å²) in [5.41, 5.74) is 2.51. The van der Waals surface area contributed by atoms with Crippen molar-refractivity contribution in [3.05, 3.63) is 74.4 Å². The van der Waals surface area contributed by atoms with Gasteiger partial charge >= 0.3 is 0 Å². The first-order valence-corrected chi connectivity index (χ1v) is 12.3. The zero-order chi connectivity index (χ0) is 25.4. The largest absolute Gasteiger partial charge is 0.506 e. The number of hydrogen-bond acceptors (Lipinski definition) is 5. The molecule has 1 aliphatic carbocycles. The predicted molar refractivity (Wildman–Crippen MR) is 139 cm³/mol. The van der Waals surface area contributed by atoms with Gasteiger partial charge in [-0.3, -0.25) is 14.4 Å². The molecule has 9 heteroatoms. The molecule has 2 amide bonds. The lowest BCUT2D eigenvalue weighted by Crippen LogP contribution is -2.30. The predicted octanol–water partition coefficient (Wildman–Crippen LogP) is 5.32. The number of likely N-dealkylation sites (tertiary alicyclic amines) is 1. The molecule has 0 radical (unpaired) electrons. The molecule has 36 heavy (non-hydrogen) atoms. The van der Waals surface area contributed by atoms with Crippen molar-refractivity contribution in [2.24, 2.45) is 0 Å². The lowest BCUT2D eigenvalue weighted by atomic mass is 9.93. The van der Waals surface area contributed by atoms with Crippen LogP contribution < -0.4 is 10.7 Å². The minimum atomic E-state index is -0.377. The van der Waals surface area contributed by atoms with Crippen molar-refractivity contribution in [2.45, 2.75) is 19.3 Å². The fourth-order valence-electron chi connectivity index (χ4n) is 4.51. The number of phenolic OH excluding ortho intramolecular Hbond substituents is 1. The first-order valence-electron chi connectivity index (χ1n) is 11.6. The molecule has 2 aromatic rings. The second-order valence-electron chi connectivity index (χ2n) is 8.73. The number of carbonyl (C=O) groups is 2. The molecule has 2 aliphatic heterocycles. The first kappa shape index (κ1) is 24.2. The van der Waals surface area contributed by atoms with Crippen molar-refractivity contribution in [1.29, 1.82) is 0 Å². The van der Waals surface area contributed by atoms with Gasteiger partial charge in [-0.25, -0.2) is 0 Å². The Balaban J connectivity index is 1.43. The van der Waals surface area contributed by atoms with Gasteiger partial charge in [0.15, 0.2) is 0 Å². The smallest absolute Gasteiger partial charge is 0.251 e. The third-order valence-electron chi connectivity index (χ3n) is 6.34. The highest BCUT2D eigenvalue weighted by molar-refractivity contribution is 6.33. The van der Waals surface area contributed by atoms with E-state index in [1.165, 1.54) is 12.1 Å². The summed E-state index contributed by atoms with van der Waals surface area (Å²) in [4.78, 5) is 38.3. The van der Waals surface area contributed by atoms with Gasteiger partial charge < -0.3 is 19.7 Å². The van der Waals surface area contributed by atoms with E-state index in [2.05, 4.69) is 5.32 Å². The molecular formula is C27H22Cl2N2O5. The first-order chi connectivity index (χ1) is 17.3. The van der Waals surface area contributed by atoms with E-state index in [4.69, 9.17) is 27.6 Å². The van der Waals surface area contributed by atoms with Gasteiger partial charge in [0.25, 0.3) is 5.91 Å². The van der Waals surface area contributed by atoms with Gasteiger partial charge in [0.05, 0.1) is 10.0 Å². The maximum absolute atomic E-state index is 12.6. The summed E-state index contributed by atoms with van der Waals surface area (Å²) in [5, 5.41) is 13.8. The number of fused-ring (bicyclic) bond motifs is 2. The van der Waals surface area contributed by atoms with Gasteiger partial charge in [0, 0.05) is 60.3 Å². The van der Waals surface area contributed by atoms with Crippen LogP contribution in [0.1, 0.15) is 29.6 Å². The zero-order valence-corrected chi connectivity index (χ0v) is 20.7. The van der Waals surface area contributed by atoms with Gasteiger partial charge in [0.1, 0.15) is 17.1 Å². The van der Waals surface area contributed by atoms with Gasteiger partial charge in [-0.05, 0) is 42.7 Å². The van der Waals surface area contributed by atoms with E-state index in [9.17, 15) is 19.5 Å². The minimum Gasteiger partial charge on any atom is -0.506 e. The molecular weight excluding hydrogens is 503 g/mol. The highest BCUT2D eigenvalue weighted by Crippen LogP contribution is 2.43. The number of carbonyl (C=O) groups excluding carboxylic acids is 2. The van der Waals surface area contributed by atoms with Crippen LogP contribution in [0.5, 0.6) is 5.75 Å². The molecule has 184 valence electrons. The second-order valence-corrected chi connectivity index (χ2v) is 9.54. The lowest BCUT2D eigenvalue weighted by molar-refractivity contribution is -0.127. The van der Waals surface area contributed by atoms with Crippen LogP contribution in [0.15, 0.2) is 57.7 Å². The van der Waals surface area contributed by atoms with Crippen molar-refractivity contribution in [2.75, 3.05) is 19.6 Å². The van der Waals surface area contributed by atoms with Crippen LogP contribution in [-0.4, -0.2) is 41.5 Å². The molecule has 2 N–H and O–H groups in total. The number of nitrogens with zero attached hydrogens (tertiary/aromatic N) is 1. The number of halogens is 2. The van der Waals surface area contributed by atoms with Crippen molar-refractivity contribution >= 4 is 46.0 Å². The Morgan fingerprint density at radius 2 is 1.83 bits per heavy atom. The maximum Gasteiger partial charge on any atom is 0.251 e. The summed E-state index contributed by atoms with van der Waals surface area (Å²) in [6.07, 6.45) is 2.20. The van der Waals surface area contributed by atoms with Crippen LogP contribution >= 0.6 is 23.2 Å². The van der Waals surface area contributed by atoms with Gasteiger partial charge in [-0.15, -0.1) is 0 Å². The van der Waals surface area contributed by atoms with Crippen molar-refractivity contribution in [3.8, 4) is 28.2 Å². The maximum atomic E-state index is 12.6. The van der Waals surface area contributed by atoms with Crippen molar-refractivity contribution in [1.82, 2.24) is 10.2 Å². The third-order valence-corrected chi connectivity index (χ3v) is 6.94. The molecule has 1 fully saturated rings. The molecule has 0 bridgehead atoms. The number of amides is 2. The Hall–Kier alpha value is -3.55. The Bertz CT molecular complexity index is 1510. The second kappa shape index (κ2) is 9.84. The summed E-state index contributed by atoms with van der Waals surface area (Å²) in [5.74, 6) is 0.136. The van der Waals surface area contributed by atoms with E-state index in [0.717, 1.165) is 18.5 Å². The molecule has 2 aromatic carbocycles. The van der Waals surface area contributed by atoms with E-state index in [1.807, 2.05) is 4.90 Å². The van der Waals surface area contributed by atoms with Crippen LogP contribution in [0.3, 0.4) is 0 Å². The average Bonchev–Trinajstić information content (AvgIpc) is 3.27. The molecule has 0 spiro atoms. The summed E-state index contributed by atoms with van der Waals surface area (Å²) < 4.78 is 5.87. The third kappa shape index (κ3) is 4.64. The number of benzene rings is 3. The number of aromatic hydroxyl groups is 1. The van der Waals surface area contributed by atoms with Crippen molar-refractivity contribution < 1.29 is 19.1 Å². The van der Waals surface area contributed by atoms with E-state index in [-0.39, 0.29) is 33.0 Å². The summed E-state index contributed by atoms with van der Waals surface area (Å²) >= 11 is 12.3. The Morgan fingerprint density at radius 3 is 2.56 bits per heavy atom. The fraction of sp³-hybridized carbons (Fsp3) is 0.222. The number of rotatable bonds is 6. The Morgan fingerprint density at radius 1 is 1.06 bits per heavy atom. The normalized spacial score (nSPS) is 13.6. The van der Waals surface area contributed by atoms with Gasteiger partial charge in [0.2, 0.25) is 11.3 Å². The lowest BCUT2D eigenvalue weighted by Gasteiger charge is -2.16. The van der Waals surface area contributed by atoms with Gasteiger partial charge in [-0.1, -0.05) is 35.3 Å². The van der Waals surface area contributed by atoms with Crippen LogP contribution in [0, 0.1) is 0 Å². The van der Waals surface area contributed by atoms with Crippen LogP contribution in [0.4, 0.5) is 0 Å². The van der Waals surface area contributed by atoms with Crippen molar-refractivity contribution in [3.63, 3.8) is 0 Å². The van der Waals surface area contributed by atoms with Crippen LogP contribution in [-0.2, 0) is 4.79 Å². The number of phenols is 1. The standard InChI is InChI=1S/C27H22Cl2N2O5/c28-19-11-17-23(13-21(19)32)36-24-14-22(33)20(29)12-18(24)26(17)15-4-6-16(7-5-15)27(35)30-8-2-10-31-9-1-3-25(31)34/h4-7,11-14,32H,1-3,8-10H2,(H,30,35). The van der Waals surface area contributed by atoms with Crippen LogP contribution in [0.25, 0.3) is 33.4 Å². The molecule has 1 saturated heterocycles. The molecule has 0 aromatic heterocycles. The fourth-order valence-corrected chi connectivity index (χ4v) is 4.84. The molecule has 0 atom stereocenters. The Labute approximate surface area is 216 Å². The minimum absolute atomic E-state index is 0.0507. The molecule has 0 saturated carbocycles.